The van der Waals surface area contributed by atoms with E-state index in [1.807, 2.05) is 30.3 Å². The number of hydrogen-bond acceptors (Lipinski definition) is 4. The van der Waals surface area contributed by atoms with Crippen molar-refractivity contribution in [3.63, 3.8) is 0 Å². The molecule has 1 heterocycles. The summed E-state index contributed by atoms with van der Waals surface area (Å²) in [4.78, 5) is 2.46. The van der Waals surface area contributed by atoms with E-state index in [1.165, 1.54) is 5.56 Å². The highest BCUT2D eigenvalue weighted by Crippen LogP contribution is 2.29. The molecule has 5 nitrogen and oxygen atoms in total. The quantitative estimate of drug-likeness (QED) is 0.847. The van der Waals surface area contributed by atoms with Gasteiger partial charge in [0.25, 0.3) is 0 Å². The number of rotatable bonds is 6. The Hall–Kier alpha value is -2.36. The fourth-order valence-electron chi connectivity index (χ4n) is 3.05. The van der Waals surface area contributed by atoms with Gasteiger partial charge >= 0.3 is 0 Å². The Balaban J connectivity index is 1.70. The third kappa shape index (κ3) is 4.06. The van der Waals surface area contributed by atoms with E-state index in [1.54, 1.807) is 12.1 Å². The van der Waals surface area contributed by atoms with Gasteiger partial charge in [-0.15, -0.1) is 0 Å². The monoisotopic (exact) mass is 369 g/mol. The molecule has 2 aromatic rings. The number of anilines is 1. The Kier molecular flexibility index (Phi) is 5.30. The summed E-state index contributed by atoms with van der Waals surface area (Å²) < 4.78 is 27.3. The van der Waals surface area contributed by atoms with Crippen LogP contribution < -0.4 is 9.62 Å². The standard InChI is InChI=1S/C20H23N3O2S/c1-15(2)9-10-22-26(24,25)20-7-5-19(6-8-20)23-13-17-4-3-16(12-21)11-18(17)14-23/h3-8,11,15,22H,9-10,13-14H2,1-2H3. The van der Waals surface area contributed by atoms with Gasteiger partial charge in [0.05, 0.1) is 16.5 Å². The van der Waals surface area contributed by atoms with Gasteiger partial charge in [0.1, 0.15) is 0 Å². The molecule has 0 aromatic heterocycles. The number of hydrogen-bond donors (Lipinski definition) is 1. The van der Waals surface area contributed by atoms with Crippen LogP contribution in [0, 0.1) is 17.2 Å². The van der Waals surface area contributed by atoms with Crippen LogP contribution in [0.2, 0.25) is 0 Å². The lowest BCUT2D eigenvalue weighted by atomic mass is 10.1. The SMILES string of the molecule is CC(C)CCNS(=O)(=O)c1ccc(N2Cc3ccc(C#N)cc3C2)cc1. The van der Waals surface area contributed by atoms with Gasteiger partial charge in [-0.2, -0.15) is 5.26 Å². The number of nitrogens with one attached hydrogen (secondary N) is 1. The number of benzene rings is 2. The number of sulfonamides is 1. The largest absolute Gasteiger partial charge is 0.363 e. The van der Waals surface area contributed by atoms with Crippen molar-refractivity contribution in [2.24, 2.45) is 5.92 Å². The minimum Gasteiger partial charge on any atom is -0.363 e. The topological polar surface area (TPSA) is 73.2 Å². The third-order valence-electron chi connectivity index (χ3n) is 4.58. The zero-order valence-electron chi connectivity index (χ0n) is 15.1. The van der Waals surface area contributed by atoms with E-state index in [0.29, 0.717) is 18.0 Å². The van der Waals surface area contributed by atoms with E-state index >= 15 is 0 Å². The maximum absolute atomic E-state index is 12.3. The van der Waals surface area contributed by atoms with Crippen molar-refractivity contribution in [1.29, 1.82) is 5.26 Å². The number of fused-ring (bicyclic) bond motifs is 1. The fourth-order valence-corrected chi connectivity index (χ4v) is 4.10. The molecule has 0 aliphatic carbocycles. The maximum atomic E-state index is 12.3. The number of nitrogens with zero attached hydrogens (tertiary/aromatic N) is 2. The summed E-state index contributed by atoms with van der Waals surface area (Å²) in [6, 6.07) is 14.9. The summed E-state index contributed by atoms with van der Waals surface area (Å²) in [5, 5.41) is 9.02. The highest BCUT2D eigenvalue weighted by Gasteiger charge is 2.20. The molecule has 0 bridgehead atoms. The van der Waals surface area contributed by atoms with Crippen LogP contribution in [0.4, 0.5) is 5.69 Å². The summed E-state index contributed by atoms with van der Waals surface area (Å²) in [5.74, 6) is 0.457. The molecule has 1 aliphatic heterocycles. The Bertz CT molecular complexity index is 929. The molecule has 6 heteroatoms. The molecule has 26 heavy (non-hydrogen) atoms. The maximum Gasteiger partial charge on any atom is 0.240 e. The van der Waals surface area contributed by atoms with E-state index < -0.39 is 10.0 Å². The highest BCUT2D eigenvalue weighted by atomic mass is 32.2. The molecule has 0 spiro atoms. The summed E-state index contributed by atoms with van der Waals surface area (Å²) in [7, 11) is -3.46. The van der Waals surface area contributed by atoms with E-state index in [4.69, 9.17) is 5.26 Å². The summed E-state index contributed by atoms with van der Waals surface area (Å²) in [6.45, 7) is 6.07. The van der Waals surface area contributed by atoms with Crippen LogP contribution in [0.3, 0.4) is 0 Å². The van der Waals surface area contributed by atoms with Gasteiger partial charge in [-0.05, 0) is 59.9 Å². The smallest absolute Gasteiger partial charge is 0.240 e. The van der Waals surface area contributed by atoms with Gasteiger partial charge in [0.2, 0.25) is 10.0 Å². The molecule has 136 valence electrons. The van der Waals surface area contributed by atoms with Crippen LogP contribution in [0.1, 0.15) is 37.0 Å². The molecule has 0 saturated heterocycles. The molecule has 1 aliphatic rings. The van der Waals surface area contributed by atoms with Crippen LogP contribution in [0.15, 0.2) is 47.4 Å². The summed E-state index contributed by atoms with van der Waals surface area (Å²) >= 11 is 0. The van der Waals surface area contributed by atoms with Gasteiger partial charge in [0.15, 0.2) is 0 Å². The van der Waals surface area contributed by atoms with Crippen molar-refractivity contribution >= 4 is 15.7 Å². The lowest BCUT2D eigenvalue weighted by Crippen LogP contribution is -2.25. The van der Waals surface area contributed by atoms with Crippen molar-refractivity contribution < 1.29 is 8.42 Å². The predicted molar refractivity (Wildman–Crippen MR) is 102 cm³/mol. The highest BCUT2D eigenvalue weighted by molar-refractivity contribution is 7.89. The number of nitriles is 1. The van der Waals surface area contributed by atoms with Crippen molar-refractivity contribution in [2.45, 2.75) is 38.3 Å². The van der Waals surface area contributed by atoms with E-state index in [2.05, 4.69) is 29.5 Å². The predicted octanol–water partition coefficient (Wildman–Crippen LogP) is 3.40. The van der Waals surface area contributed by atoms with Gasteiger partial charge in [-0.3, -0.25) is 0 Å². The Labute approximate surface area is 155 Å². The van der Waals surface area contributed by atoms with Crippen LogP contribution in [0.25, 0.3) is 0 Å². The first kappa shape index (κ1) is 18.4. The normalized spacial score (nSPS) is 13.7. The first-order chi connectivity index (χ1) is 12.4. The van der Waals surface area contributed by atoms with Crippen LogP contribution in [0.5, 0.6) is 0 Å². The van der Waals surface area contributed by atoms with Gasteiger partial charge < -0.3 is 4.90 Å². The first-order valence-electron chi connectivity index (χ1n) is 8.75. The molecule has 1 N–H and O–H groups in total. The van der Waals surface area contributed by atoms with Gasteiger partial charge in [0, 0.05) is 25.3 Å². The van der Waals surface area contributed by atoms with Crippen molar-refractivity contribution in [3.8, 4) is 6.07 Å². The molecule has 0 saturated carbocycles. The van der Waals surface area contributed by atoms with Crippen molar-refractivity contribution in [1.82, 2.24) is 4.72 Å². The Morgan fingerprint density at radius 2 is 1.81 bits per heavy atom. The minimum absolute atomic E-state index is 0.286. The average Bonchev–Trinajstić information content (AvgIpc) is 3.04. The van der Waals surface area contributed by atoms with Crippen LogP contribution in [-0.2, 0) is 23.1 Å². The van der Waals surface area contributed by atoms with E-state index in [0.717, 1.165) is 30.8 Å². The molecule has 0 fully saturated rings. The average molecular weight is 369 g/mol. The molecule has 0 unspecified atom stereocenters. The van der Waals surface area contributed by atoms with Gasteiger partial charge in [-0.25, -0.2) is 13.1 Å². The molecule has 2 aromatic carbocycles. The summed E-state index contributed by atoms with van der Waals surface area (Å²) in [5.41, 5.74) is 3.99. The lowest BCUT2D eigenvalue weighted by molar-refractivity contribution is 0.551. The van der Waals surface area contributed by atoms with Crippen molar-refractivity contribution in [3.05, 3.63) is 59.2 Å². The zero-order chi connectivity index (χ0) is 18.7. The lowest BCUT2D eigenvalue weighted by Gasteiger charge is -2.18. The van der Waals surface area contributed by atoms with Crippen LogP contribution >= 0.6 is 0 Å². The Morgan fingerprint density at radius 3 is 2.46 bits per heavy atom. The second-order valence-corrected chi connectivity index (χ2v) is 8.79. The molecule has 0 radical (unpaired) electrons. The van der Waals surface area contributed by atoms with E-state index in [-0.39, 0.29) is 4.90 Å². The molecular formula is C20H23N3O2S. The molecule has 0 atom stereocenters. The first-order valence-corrected chi connectivity index (χ1v) is 10.2. The Morgan fingerprint density at radius 1 is 1.12 bits per heavy atom. The third-order valence-corrected chi connectivity index (χ3v) is 6.06. The van der Waals surface area contributed by atoms with E-state index in [9.17, 15) is 8.42 Å². The van der Waals surface area contributed by atoms with Crippen molar-refractivity contribution in [2.75, 3.05) is 11.4 Å². The second kappa shape index (κ2) is 7.48. The molecular weight excluding hydrogens is 346 g/mol. The molecule has 0 amide bonds. The molecule has 3 rings (SSSR count). The summed E-state index contributed by atoms with van der Waals surface area (Å²) in [6.07, 6.45) is 0.814. The van der Waals surface area contributed by atoms with Crippen LogP contribution in [-0.4, -0.2) is 15.0 Å². The zero-order valence-corrected chi connectivity index (χ0v) is 15.9. The fraction of sp³-hybridized carbons (Fsp3) is 0.350. The second-order valence-electron chi connectivity index (χ2n) is 7.03. The minimum atomic E-state index is -3.46. The van der Waals surface area contributed by atoms with Gasteiger partial charge in [-0.1, -0.05) is 19.9 Å².